The van der Waals surface area contributed by atoms with Crippen LogP contribution in [0.15, 0.2) is 24.3 Å². The highest BCUT2D eigenvalue weighted by atomic mass is 16.6. The van der Waals surface area contributed by atoms with Crippen LogP contribution in [0.5, 0.6) is 0 Å². The van der Waals surface area contributed by atoms with Gasteiger partial charge in [0.05, 0.1) is 4.92 Å². The quantitative estimate of drug-likeness (QED) is 0.652. The van der Waals surface area contributed by atoms with Crippen molar-refractivity contribution in [3.05, 3.63) is 51.2 Å². The van der Waals surface area contributed by atoms with E-state index in [0.717, 1.165) is 5.69 Å². The summed E-state index contributed by atoms with van der Waals surface area (Å²) in [5.74, 6) is 0.0687. The first-order valence-corrected chi connectivity index (χ1v) is 5.56. The van der Waals surface area contributed by atoms with Crippen molar-refractivity contribution >= 4 is 17.4 Å². The monoisotopic (exact) mass is 260 g/mol. The van der Waals surface area contributed by atoms with Gasteiger partial charge in [0.25, 0.3) is 11.6 Å². The van der Waals surface area contributed by atoms with E-state index in [4.69, 9.17) is 0 Å². The van der Waals surface area contributed by atoms with Gasteiger partial charge in [-0.05, 0) is 25.5 Å². The predicted octanol–water partition coefficient (Wildman–Crippen LogP) is 2.19. The van der Waals surface area contributed by atoms with Crippen molar-refractivity contribution in [3.63, 3.8) is 0 Å². The molecule has 2 aromatic rings. The van der Waals surface area contributed by atoms with Gasteiger partial charge in [-0.25, -0.2) is 0 Å². The van der Waals surface area contributed by atoms with E-state index in [2.05, 4.69) is 15.5 Å². The van der Waals surface area contributed by atoms with E-state index >= 15 is 0 Å². The van der Waals surface area contributed by atoms with Crippen LogP contribution in [0.25, 0.3) is 0 Å². The Balaban J connectivity index is 2.22. The molecule has 1 heterocycles. The third-order valence-corrected chi connectivity index (χ3v) is 2.61. The molecule has 98 valence electrons. The highest BCUT2D eigenvalue weighted by molar-refractivity contribution is 6.04. The van der Waals surface area contributed by atoms with E-state index in [0.29, 0.717) is 16.9 Å². The van der Waals surface area contributed by atoms with Crippen molar-refractivity contribution in [3.8, 4) is 0 Å². The Morgan fingerprint density at radius 3 is 2.63 bits per heavy atom. The summed E-state index contributed by atoms with van der Waals surface area (Å²) >= 11 is 0. The van der Waals surface area contributed by atoms with Crippen LogP contribution in [0.1, 0.15) is 21.6 Å². The number of nitrogens with zero attached hydrogens (tertiary/aromatic N) is 2. The standard InChI is InChI=1S/C12H12N4O3/c1-7-5-9(16(18)19)3-4-10(7)12(17)13-11-6-8(2)14-15-11/h3-6H,1-2H3,(H2,13,14,15,17). The molecule has 0 atom stereocenters. The molecular formula is C12H12N4O3. The Hall–Kier alpha value is -2.70. The summed E-state index contributed by atoms with van der Waals surface area (Å²) < 4.78 is 0. The molecule has 0 aliphatic heterocycles. The van der Waals surface area contributed by atoms with Gasteiger partial charge in [-0.1, -0.05) is 0 Å². The number of aryl methyl sites for hydroxylation is 2. The van der Waals surface area contributed by atoms with Gasteiger partial charge in [0.1, 0.15) is 0 Å². The molecule has 0 saturated heterocycles. The number of rotatable bonds is 3. The summed E-state index contributed by atoms with van der Waals surface area (Å²) in [6.07, 6.45) is 0. The average Bonchev–Trinajstić information content (AvgIpc) is 2.74. The zero-order chi connectivity index (χ0) is 14.0. The molecule has 1 aromatic carbocycles. The van der Waals surface area contributed by atoms with E-state index in [1.807, 2.05) is 6.92 Å². The number of aromatic amines is 1. The minimum absolute atomic E-state index is 0.0373. The number of amides is 1. The van der Waals surface area contributed by atoms with Gasteiger partial charge in [0.2, 0.25) is 0 Å². The Labute approximate surface area is 108 Å². The molecule has 1 amide bonds. The van der Waals surface area contributed by atoms with Crippen LogP contribution in [-0.4, -0.2) is 21.0 Å². The first-order valence-electron chi connectivity index (χ1n) is 5.56. The Morgan fingerprint density at radius 1 is 1.37 bits per heavy atom. The number of nitro benzene ring substituents is 1. The normalized spacial score (nSPS) is 10.2. The van der Waals surface area contributed by atoms with E-state index in [9.17, 15) is 14.9 Å². The average molecular weight is 260 g/mol. The molecule has 0 saturated carbocycles. The van der Waals surface area contributed by atoms with Crippen LogP contribution in [0.4, 0.5) is 11.5 Å². The van der Waals surface area contributed by atoms with Crippen LogP contribution in [0.3, 0.4) is 0 Å². The molecule has 0 spiro atoms. The molecule has 7 nitrogen and oxygen atoms in total. The van der Waals surface area contributed by atoms with Crippen molar-refractivity contribution in [2.45, 2.75) is 13.8 Å². The van der Waals surface area contributed by atoms with Gasteiger partial charge in [0, 0.05) is 29.5 Å². The van der Waals surface area contributed by atoms with Crippen LogP contribution >= 0.6 is 0 Å². The van der Waals surface area contributed by atoms with Gasteiger partial charge in [-0.15, -0.1) is 0 Å². The molecule has 0 aliphatic rings. The number of hydrogen-bond acceptors (Lipinski definition) is 4. The largest absolute Gasteiger partial charge is 0.305 e. The zero-order valence-electron chi connectivity index (χ0n) is 10.4. The smallest absolute Gasteiger partial charge is 0.269 e. The Morgan fingerprint density at radius 2 is 2.11 bits per heavy atom. The van der Waals surface area contributed by atoms with E-state index < -0.39 is 4.92 Å². The molecule has 0 aliphatic carbocycles. The number of hydrogen-bond donors (Lipinski definition) is 2. The fraction of sp³-hybridized carbons (Fsp3) is 0.167. The summed E-state index contributed by atoms with van der Waals surface area (Å²) in [6, 6.07) is 5.79. The van der Waals surface area contributed by atoms with Crippen molar-refractivity contribution in [1.29, 1.82) is 0 Å². The number of anilines is 1. The highest BCUT2D eigenvalue weighted by Gasteiger charge is 2.14. The lowest BCUT2D eigenvalue weighted by atomic mass is 10.1. The van der Waals surface area contributed by atoms with Crippen molar-refractivity contribution in [1.82, 2.24) is 10.2 Å². The zero-order valence-corrected chi connectivity index (χ0v) is 10.4. The Bertz CT molecular complexity index is 648. The number of aromatic nitrogens is 2. The van der Waals surface area contributed by atoms with Crippen molar-refractivity contribution < 1.29 is 9.72 Å². The van der Waals surface area contributed by atoms with Gasteiger partial charge >= 0.3 is 0 Å². The summed E-state index contributed by atoms with van der Waals surface area (Å²) in [4.78, 5) is 22.1. The second kappa shape index (κ2) is 4.89. The molecule has 1 aromatic heterocycles. The SMILES string of the molecule is Cc1cc(NC(=O)c2ccc([N+](=O)[O-])cc2C)n[nH]1. The first kappa shape index (κ1) is 12.7. The van der Waals surface area contributed by atoms with Crippen LogP contribution in [0, 0.1) is 24.0 Å². The summed E-state index contributed by atoms with van der Waals surface area (Å²) in [5, 5.41) is 19.8. The highest BCUT2D eigenvalue weighted by Crippen LogP contribution is 2.18. The van der Waals surface area contributed by atoms with E-state index in [-0.39, 0.29) is 11.6 Å². The topological polar surface area (TPSA) is 101 Å². The molecule has 0 radical (unpaired) electrons. The molecule has 19 heavy (non-hydrogen) atoms. The minimum atomic E-state index is -0.494. The lowest BCUT2D eigenvalue weighted by Crippen LogP contribution is -2.13. The van der Waals surface area contributed by atoms with E-state index in [1.54, 1.807) is 13.0 Å². The number of carbonyl (C=O) groups is 1. The minimum Gasteiger partial charge on any atom is -0.305 e. The van der Waals surface area contributed by atoms with Crippen LogP contribution < -0.4 is 5.32 Å². The molecule has 0 fully saturated rings. The van der Waals surface area contributed by atoms with Gasteiger partial charge in [-0.3, -0.25) is 20.0 Å². The van der Waals surface area contributed by atoms with Crippen LogP contribution in [0.2, 0.25) is 0 Å². The number of non-ortho nitro benzene ring substituents is 1. The maximum atomic E-state index is 12.0. The van der Waals surface area contributed by atoms with Gasteiger partial charge < -0.3 is 5.32 Å². The summed E-state index contributed by atoms with van der Waals surface area (Å²) in [6.45, 7) is 3.47. The molecule has 0 bridgehead atoms. The number of carbonyl (C=O) groups excluding carboxylic acids is 1. The van der Waals surface area contributed by atoms with Crippen LogP contribution in [-0.2, 0) is 0 Å². The number of H-pyrrole nitrogens is 1. The molecule has 2 N–H and O–H groups in total. The fourth-order valence-electron chi connectivity index (χ4n) is 1.68. The number of nitro groups is 1. The summed E-state index contributed by atoms with van der Waals surface area (Å²) in [5.41, 5.74) is 1.71. The Kier molecular flexibility index (Phi) is 3.28. The molecular weight excluding hydrogens is 248 g/mol. The second-order valence-electron chi connectivity index (χ2n) is 4.15. The van der Waals surface area contributed by atoms with E-state index in [1.165, 1.54) is 18.2 Å². The fourth-order valence-corrected chi connectivity index (χ4v) is 1.68. The maximum Gasteiger partial charge on any atom is 0.269 e. The third kappa shape index (κ3) is 2.76. The first-order chi connectivity index (χ1) is 8.97. The van der Waals surface area contributed by atoms with Crippen molar-refractivity contribution in [2.24, 2.45) is 0 Å². The lowest BCUT2D eigenvalue weighted by Gasteiger charge is -2.05. The van der Waals surface area contributed by atoms with Crippen molar-refractivity contribution in [2.75, 3.05) is 5.32 Å². The number of benzene rings is 1. The van der Waals surface area contributed by atoms with Gasteiger partial charge in [-0.2, -0.15) is 5.10 Å². The molecule has 7 heteroatoms. The van der Waals surface area contributed by atoms with Gasteiger partial charge in [0.15, 0.2) is 5.82 Å². The second-order valence-corrected chi connectivity index (χ2v) is 4.15. The third-order valence-electron chi connectivity index (χ3n) is 2.61. The maximum absolute atomic E-state index is 12.0. The summed E-state index contributed by atoms with van der Waals surface area (Å²) in [7, 11) is 0. The molecule has 0 unspecified atom stereocenters. The lowest BCUT2D eigenvalue weighted by molar-refractivity contribution is -0.384. The predicted molar refractivity (Wildman–Crippen MR) is 69.1 cm³/mol. The molecule has 2 rings (SSSR count). The number of nitrogens with one attached hydrogen (secondary N) is 2.